The highest BCUT2D eigenvalue weighted by molar-refractivity contribution is 5.79. The number of hydrogen-bond acceptors (Lipinski definition) is 2. The number of aryl methyl sites for hydroxylation is 1. The van der Waals surface area contributed by atoms with E-state index in [-0.39, 0.29) is 24.7 Å². The van der Waals surface area contributed by atoms with Gasteiger partial charge in [-0.3, -0.25) is 9.89 Å². The van der Waals surface area contributed by atoms with Gasteiger partial charge in [0, 0.05) is 37.5 Å². The monoisotopic (exact) mass is 325 g/mol. The molecule has 23 heavy (non-hydrogen) atoms. The highest BCUT2D eigenvalue weighted by Gasteiger charge is 2.39. The largest absolute Gasteiger partial charge is 0.342 e. The molecule has 128 valence electrons. The van der Waals surface area contributed by atoms with Crippen molar-refractivity contribution >= 4 is 5.91 Å². The van der Waals surface area contributed by atoms with Crippen LogP contribution in [0.15, 0.2) is 6.20 Å². The summed E-state index contributed by atoms with van der Waals surface area (Å²) in [6, 6.07) is 0. The minimum atomic E-state index is -2.57. The van der Waals surface area contributed by atoms with E-state index in [4.69, 9.17) is 0 Å². The number of halogens is 2. The van der Waals surface area contributed by atoms with Crippen LogP contribution in [0.25, 0.3) is 0 Å². The second-order valence-electron chi connectivity index (χ2n) is 7.16. The Labute approximate surface area is 135 Å². The summed E-state index contributed by atoms with van der Waals surface area (Å²) in [5.41, 5.74) is 2.30. The number of nitrogens with zero attached hydrogens (tertiary/aromatic N) is 2. The van der Waals surface area contributed by atoms with E-state index in [1.54, 1.807) is 0 Å². The lowest BCUT2D eigenvalue weighted by molar-refractivity contribution is -0.141. The topological polar surface area (TPSA) is 49.0 Å². The Bertz CT molecular complexity index is 548. The van der Waals surface area contributed by atoms with Crippen molar-refractivity contribution in [1.82, 2.24) is 15.1 Å². The zero-order valence-electron chi connectivity index (χ0n) is 13.7. The van der Waals surface area contributed by atoms with E-state index in [0.29, 0.717) is 18.8 Å². The van der Waals surface area contributed by atoms with E-state index in [1.807, 2.05) is 18.0 Å². The fraction of sp³-hybridized carbons (Fsp3) is 0.765. The molecule has 1 saturated heterocycles. The minimum Gasteiger partial charge on any atom is -0.342 e. The Kier molecular flexibility index (Phi) is 4.69. The molecule has 1 aliphatic carbocycles. The van der Waals surface area contributed by atoms with Crippen LogP contribution in [0, 0.1) is 18.8 Å². The van der Waals surface area contributed by atoms with Gasteiger partial charge in [-0.2, -0.15) is 5.10 Å². The van der Waals surface area contributed by atoms with Crippen LogP contribution in [-0.2, 0) is 11.2 Å². The van der Waals surface area contributed by atoms with Crippen LogP contribution >= 0.6 is 0 Å². The Morgan fingerprint density at radius 3 is 2.78 bits per heavy atom. The number of piperidine rings is 1. The Hall–Kier alpha value is -1.46. The van der Waals surface area contributed by atoms with Crippen LogP contribution in [0.4, 0.5) is 8.78 Å². The number of nitrogens with one attached hydrogen (secondary N) is 1. The lowest BCUT2D eigenvalue weighted by Gasteiger charge is -2.37. The molecule has 4 nitrogen and oxygen atoms in total. The summed E-state index contributed by atoms with van der Waals surface area (Å²) < 4.78 is 26.5. The molecule has 1 atom stereocenters. The van der Waals surface area contributed by atoms with E-state index >= 15 is 0 Å². The molecule has 6 heteroatoms. The molecule has 1 aromatic rings. The van der Waals surface area contributed by atoms with Crippen LogP contribution in [0.1, 0.15) is 49.8 Å². The number of H-pyrrole nitrogens is 1. The quantitative estimate of drug-likeness (QED) is 0.927. The molecule has 3 rings (SSSR count). The van der Waals surface area contributed by atoms with Gasteiger partial charge >= 0.3 is 0 Å². The molecule has 0 spiro atoms. The lowest BCUT2D eigenvalue weighted by atomic mass is 9.84. The molecule has 1 saturated carbocycles. The maximum atomic E-state index is 13.3. The minimum absolute atomic E-state index is 0.0894. The molecule has 2 heterocycles. The normalized spacial score (nSPS) is 25.5. The first-order valence-corrected chi connectivity index (χ1v) is 8.60. The maximum Gasteiger partial charge on any atom is 0.248 e. The van der Waals surface area contributed by atoms with Crippen LogP contribution < -0.4 is 0 Å². The summed E-state index contributed by atoms with van der Waals surface area (Å²) in [5.74, 6) is -2.26. The van der Waals surface area contributed by atoms with Crippen LogP contribution in [0.5, 0.6) is 0 Å². The van der Waals surface area contributed by atoms with Crippen molar-refractivity contribution in [3.63, 3.8) is 0 Å². The van der Waals surface area contributed by atoms with Gasteiger partial charge in [-0.15, -0.1) is 0 Å². The first-order valence-electron chi connectivity index (χ1n) is 8.60. The maximum absolute atomic E-state index is 13.3. The number of aromatic amines is 1. The van der Waals surface area contributed by atoms with Gasteiger partial charge < -0.3 is 4.90 Å². The number of likely N-dealkylation sites (tertiary alicyclic amines) is 1. The number of carbonyl (C=O) groups is 1. The van der Waals surface area contributed by atoms with Crippen molar-refractivity contribution in [3.05, 3.63) is 17.5 Å². The fourth-order valence-corrected chi connectivity index (χ4v) is 3.85. The molecule has 2 fully saturated rings. The number of hydrogen-bond donors (Lipinski definition) is 1. The Morgan fingerprint density at radius 1 is 1.39 bits per heavy atom. The summed E-state index contributed by atoms with van der Waals surface area (Å²) in [6.45, 7) is 3.54. The third-order valence-corrected chi connectivity index (χ3v) is 5.32. The summed E-state index contributed by atoms with van der Waals surface area (Å²) in [7, 11) is 0. The van der Waals surface area contributed by atoms with E-state index in [9.17, 15) is 13.6 Å². The zero-order valence-corrected chi connectivity index (χ0v) is 13.7. The van der Waals surface area contributed by atoms with Crippen LogP contribution in [0.3, 0.4) is 0 Å². The lowest BCUT2D eigenvalue weighted by Crippen LogP contribution is -2.45. The van der Waals surface area contributed by atoms with Crippen LogP contribution in [0.2, 0.25) is 0 Å². The van der Waals surface area contributed by atoms with Crippen molar-refractivity contribution < 1.29 is 13.6 Å². The van der Waals surface area contributed by atoms with Crippen molar-refractivity contribution in [2.24, 2.45) is 11.8 Å². The average molecular weight is 325 g/mol. The Balaban J connectivity index is 1.56. The van der Waals surface area contributed by atoms with E-state index in [1.165, 1.54) is 0 Å². The van der Waals surface area contributed by atoms with Gasteiger partial charge in [0.1, 0.15) is 0 Å². The molecule has 0 radical (unpaired) electrons. The summed E-state index contributed by atoms with van der Waals surface area (Å²) in [5, 5.41) is 7.08. The average Bonchev–Trinajstić information content (AvgIpc) is 2.92. The van der Waals surface area contributed by atoms with Crippen molar-refractivity contribution in [2.75, 3.05) is 13.1 Å². The molecule has 1 amide bonds. The van der Waals surface area contributed by atoms with Gasteiger partial charge in [0.2, 0.25) is 11.8 Å². The van der Waals surface area contributed by atoms with Gasteiger partial charge in [-0.25, -0.2) is 8.78 Å². The van der Waals surface area contributed by atoms with Gasteiger partial charge in [0.25, 0.3) is 0 Å². The summed E-state index contributed by atoms with van der Waals surface area (Å²) in [4.78, 5) is 14.6. The van der Waals surface area contributed by atoms with Crippen molar-refractivity contribution in [3.8, 4) is 0 Å². The molecule has 0 aromatic carbocycles. The first kappa shape index (κ1) is 16.4. The van der Waals surface area contributed by atoms with E-state index < -0.39 is 5.92 Å². The number of carbonyl (C=O) groups excluding carboxylic acids is 1. The number of alkyl halides is 2. The molecular weight excluding hydrogens is 300 g/mol. The molecule has 1 unspecified atom stereocenters. The predicted molar refractivity (Wildman–Crippen MR) is 83.2 cm³/mol. The first-order chi connectivity index (χ1) is 10.9. The second-order valence-corrected chi connectivity index (χ2v) is 7.16. The third-order valence-electron chi connectivity index (χ3n) is 5.32. The molecular formula is C17H25F2N3O. The van der Waals surface area contributed by atoms with Crippen molar-refractivity contribution in [2.45, 2.75) is 57.8 Å². The smallest absolute Gasteiger partial charge is 0.248 e. The van der Waals surface area contributed by atoms with Crippen molar-refractivity contribution in [1.29, 1.82) is 0 Å². The standard InChI is InChI=1S/C17H25F2N3O/c1-12-10-20-21-15(12)9-13-3-2-8-22(11-13)16(23)14-4-6-17(18,19)7-5-14/h10,13-14H,2-9,11H2,1H3,(H,20,21). The second kappa shape index (κ2) is 6.57. The van der Waals surface area contributed by atoms with Gasteiger partial charge in [0.05, 0.1) is 6.20 Å². The molecule has 1 aromatic heterocycles. The third kappa shape index (κ3) is 3.90. The van der Waals surface area contributed by atoms with Crippen LogP contribution in [-0.4, -0.2) is 40.0 Å². The predicted octanol–water partition coefficient (Wildman–Crippen LogP) is 3.32. The van der Waals surface area contributed by atoms with Gasteiger partial charge in [-0.05, 0) is 50.5 Å². The molecule has 2 aliphatic rings. The highest BCUT2D eigenvalue weighted by atomic mass is 19.3. The molecule has 1 aliphatic heterocycles. The number of rotatable bonds is 3. The summed E-state index contributed by atoms with van der Waals surface area (Å²) >= 11 is 0. The van der Waals surface area contributed by atoms with Gasteiger partial charge in [-0.1, -0.05) is 0 Å². The van der Waals surface area contributed by atoms with E-state index in [0.717, 1.165) is 43.6 Å². The number of aromatic nitrogens is 2. The summed E-state index contributed by atoms with van der Waals surface area (Å²) in [6.07, 6.45) is 5.18. The van der Waals surface area contributed by atoms with Gasteiger partial charge in [0.15, 0.2) is 0 Å². The zero-order chi connectivity index (χ0) is 16.4. The van der Waals surface area contributed by atoms with E-state index in [2.05, 4.69) is 10.2 Å². The molecule has 1 N–H and O–H groups in total. The molecule has 0 bridgehead atoms. The fourth-order valence-electron chi connectivity index (χ4n) is 3.85. The Morgan fingerprint density at radius 2 is 2.13 bits per heavy atom. The highest BCUT2D eigenvalue weighted by Crippen LogP contribution is 2.37. The SMILES string of the molecule is Cc1cn[nH]c1CC1CCCN(C(=O)C2CCC(F)(F)CC2)C1. The number of amides is 1.